The standard InChI is InChI=1S/C14H21N3O2/c1-11-5-7-12(8-6-11)10-17-13(18)4-2-3-9-16-14(15)19/h5-8H,2-4,9-10H2,1H3,(H,17,18)(H3,15,16,19). The topological polar surface area (TPSA) is 84.2 Å². The minimum atomic E-state index is -0.524. The second kappa shape index (κ2) is 8.13. The Bertz CT molecular complexity index is 415. The monoisotopic (exact) mass is 263 g/mol. The number of hydrogen-bond acceptors (Lipinski definition) is 2. The van der Waals surface area contributed by atoms with Crippen molar-refractivity contribution >= 4 is 11.9 Å². The van der Waals surface area contributed by atoms with Crippen LogP contribution in [-0.4, -0.2) is 18.5 Å². The summed E-state index contributed by atoms with van der Waals surface area (Å²) in [6.07, 6.45) is 1.95. The van der Waals surface area contributed by atoms with Crippen molar-refractivity contribution in [2.45, 2.75) is 32.7 Å². The van der Waals surface area contributed by atoms with Crippen molar-refractivity contribution in [3.05, 3.63) is 35.4 Å². The maximum Gasteiger partial charge on any atom is 0.312 e. The number of aryl methyl sites for hydroxylation is 1. The average molecular weight is 263 g/mol. The van der Waals surface area contributed by atoms with E-state index in [4.69, 9.17) is 5.73 Å². The lowest BCUT2D eigenvalue weighted by Crippen LogP contribution is -2.30. The molecule has 3 amide bonds. The summed E-state index contributed by atoms with van der Waals surface area (Å²) >= 11 is 0. The van der Waals surface area contributed by atoms with Crippen LogP contribution in [0.15, 0.2) is 24.3 Å². The van der Waals surface area contributed by atoms with Crippen LogP contribution in [0.4, 0.5) is 4.79 Å². The van der Waals surface area contributed by atoms with Crippen LogP contribution in [-0.2, 0) is 11.3 Å². The highest BCUT2D eigenvalue weighted by atomic mass is 16.2. The number of unbranched alkanes of at least 4 members (excludes halogenated alkanes) is 1. The first-order valence-electron chi connectivity index (χ1n) is 6.43. The molecule has 0 aliphatic heterocycles. The lowest BCUT2D eigenvalue weighted by Gasteiger charge is -2.06. The van der Waals surface area contributed by atoms with Gasteiger partial charge in [-0.05, 0) is 25.3 Å². The van der Waals surface area contributed by atoms with Crippen LogP contribution in [0.3, 0.4) is 0 Å². The van der Waals surface area contributed by atoms with Crippen molar-refractivity contribution in [3.63, 3.8) is 0 Å². The summed E-state index contributed by atoms with van der Waals surface area (Å²) in [4.78, 5) is 22.0. The summed E-state index contributed by atoms with van der Waals surface area (Å²) in [5, 5.41) is 5.36. The Kier molecular flexibility index (Phi) is 6.43. The molecule has 1 aromatic rings. The molecule has 0 unspecified atom stereocenters. The van der Waals surface area contributed by atoms with Crippen molar-refractivity contribution in [3.8, 4) is 0 Å². The van der Waals surface area contributed by atoms with Crippen molar-refractivity contribution in [1.29, 1.82) is 0 Å². The quantitative estimate of drug-likeness (QED) is 0.650. The summed E-state index contributed by atoms with van der Waals surface area (Å²) in [5.41, 5.74) is 7.23. The van der Waals surface area contributed by atoms with E-state index in [9.17, 15) is 9.59 Å². The molecule has 0 bridgehead atoms. The molecule has 5 heteroatoms. The van der Waals surface area contributed by atoms with Gasteiger partial charge in [-0.3, -0.25) is 4.79 Å². The molecule has 1 rings (SSSR count). The van der Waals surface area contributed by atoms with E-state index < -0.39 is 6.03 Å². The normalized spacial score (nSPS) is 9.95. The lowest BCUT2D eigenvalue weighted by molar-refractivity contribution is -0.121. The van der Waals surface area contributed by atoms with E-state index in [-0.39, 0.29) is 5.91 Å². The van der Waals surface area contributed by atoms with Crippen molar-refractivity contribution < 1.29 is 9.59 Å². The third-order valence-electron chi connectivity index (χ3n) is 2.74. The van der Waals surface area contributed by atoms with Gasteiger partial charge >= 0.3 is 6.03 Å². The smallest absolute Gasteiger partial charge is 0.312 e. The Morgan fingerprint density at radius 3 is 2.42 bits per heavy atom. The number of benzene rings is 1. The summed E-state index contributed by atoms with van der Waals surface area (Å²) in [6, 6.07) is 7.54. The molecule has 4 N–H and O–H groups in total. The Labute approximate surface area is 113 Å². The van der Waals surface area contributed by atoms with Crippen LogP contribution < -0.4 is 16.4 Å². The zero-order valence-corrected chi connectivity index (χ0v) is 11.2. The second-order valence-electron chi connectivity index (χ2n) is 4.51. The minimum Gasteiger partial charge on any atom is -0.352 e. The summed E-state index contributed by atoms with van der Waals surface area (Å²) < 4.78 is 0. The van der Waals surface area contributed by atoms with E-state index in [0.29, 0.717) is 19.5 Å². The van der Waals surface area contributed by atoms with Gasteiger partial charge in [0.05, 0.1) is 0 Å². The number of nitrogens with two attached hydrogens (primary N) is 1. The predicted molar refractivity (Wildman–Crippen MR) is 74.5 cm³/mol. The molecule has 0 radical (unpaired) electrons. The van der Waals surface area contributed by atoms with Gasteiger partial charge in [0, 0.05) is 19.5 Å². The van der Waals surface area contributed by atoms with E-state index in [1.165, 1.54) is 5.56 Å². The third-order valence-corrected chi connectivity index (χ3v) is 2.74. The fraction of sp³-hybridized carbons (Fsp3) is 0.429. The first-order valence-corrected chi connectivity index (χ1v) is 6.43. The summed E-state index contributed by atoms with van der Waals surface area (Å²) in [7, 11) is 0. The average Bonchev–Trinajstić information content (AvgIpc) is 2.37. The van der Waals surface area contributed by atoms with E-state index in [1.807, 2.05) is 31.2 Å². The number of primary amides is 1. The van der Waals surface area contributed by atoms with Crippen LogP contribution >= 0.6 is 0 Å². The summed E-state index contributed by atoms with van der Waals surface area (Å²) in [6.45, 7) is 3.10. The molecule has 0 aromatic heterocycles. The molecule has 0 saturated carbocycles. The van der Waals surface area contributed by atoms with E-state index in [2.05, 4.69) is 10.6 Å². The fourth-order valence-electron chi connectivity index (χ4n) is 1.62. The first-order chi connectivity index (χ1) is 9.08. The van der Waals surface area contributed by atoms with Gasteiger partial charge in [0.25, 0.3) is 0 Å². The van der Waals surface area contributed by atoms with Gasteiger partial charge in [0.1, 0.15) is 0 Å². The molecule has 0 spiro atoms. The van der Waals surface area contributed by atoms with Crippen LogP contribution in [0.5, 0.6) is 0 Å². The maximum absolute atomic E-state index is 11.6. The van der Waals surface area contributed by atoms with E-state index in [1.54, 1.807) is 0 Å². The summed E-state index contributed by atoms with van der Waals surface area (Å²) in [5.74, 6) is 0.0275. The first kappa shape index (κ1) is 15.0. The zero-order chi connectivity index (χ0) is 14.1. The lowest BCUT2D eigenvalue weighted by atomic mass is 10.1. The minimum absolute atomic E-state index is 0.0275. The largest absolute Gasteiger partial charge is 0.352 e. The van der Waals surface area contributed by atoms with Gasteiger partial charge in [0.15, 0.2) is 0 Å². The van der Waals surface area contributed by atoms with Crippen LogP contribution in [0.1, 0.15) is 30.4 Å². The molecule has 0 atom stereocenters. The Morgan fingerprint density at radius 1 is 1.11 bits per heavy atom. The molecule has 1 aromatic carbocycles. The highest BCUT2D eigenvalue weighted by molar-refractivity contribution is 5.75. The molecule has 19 heavy (non-hydrogen) atoms. The number of hydrogen-bond donors (Lipinski definition) is 3. The molecular formula is C14H21N3O2. The van der Waals surface area contributed by atoms with Gasteiger partial charge in [-0.2, -0.15) is 0 Å². The van der Waals surface area contributed by atoms with Crippen molar-refractivity contribution in [2.24, 2.45) is 5.73 Å². The Morgan fingerprint density at radius 2 is 1.79 bits per heavy atom. The molecule has 5 nitrogen and oxygen atoms in total. The molecule has 104 valence electrons. The van der Waals surface area contributed by atoms with Gasteiger partial charge in [0.2, 0.25) is 5.91 Å². The van der Waals surface area contributed by atoms with Gasteiger partial charge < -0.3 is 16.4 Å². The highest BCUT2D eigenvalue weighted by Crippen LogP contribution is 2.03. The number of nitrogens with one attached hydrogen (secondary N) is 2. The Hall–Kier alpha value is -2.04. The van der Waals surface area contributed by atoms with Crippen LogP contribution in [0.25, 0.3) is 0 Å². The predicted octanol–water partition coefficient (Wildman–Crippen LogP) is 1.45. The van der Waals surface area contributed by atoms with E-state index >= 15 is 0 Å². The number of amides is 3. The van der Waals surface area contributed by atoms with Gasteiger partial charge in [-0.1, -0.05) is 29.8 Å². The van der Waals surface area contributed by atoms with Crippen LogP contribution in [0.2, 0.25) is 0 Å². The second-order valence-corrected chi connectivity index (χ2v) is 4.51. The maximum atomic E-state index is 11.6. The van der Waals surface area contributed by atoms with Crippen molar-refractivity contribution in [1.82, 2.24) is 10.6 Å². The van der Waals surface area contributed by atoms with Gasteiger partial charge in [-0.15, -0.1) is 0 Å². The van der Waals surface area contributed by atoms with Gasteiger partial charge in [-0.25, -0.2) is 4.79 Å². The molecule has 0 aliphatic carbocycles. The van der Waals surface area contributed by atoms with Crippen LogP contribution in [0, 0.1) is 6.92 Å². The molecule has 0 aliphatic rings. The number of rotatable bonds is 7. The molecule has 0 fully saturated rings. The fourth-order valence-corrected chi connectivity index (χ4v) is 1.62. The van der Waals surface area contributed by atoms with E-state index in [0.717, 1.165) is 18.4 Å². The van der Waals surface area contributed by atoms with Crippen molar-refractivity contribution in [2.75, 3.05) is 6.54 Å². The number of carbonyl (C=O) groups is 2. The Balaban J connectivity index is 2.11. The number of carbonyl (C=O) groups excluding carboxylic acids is 2. The SMILES string of the molecule is Cc1ccc(CNC(=O)CCCCNC(N)=O)cc1. The third kappa shape index (κ3) is 7.08. The molecular weight excluding hydrogens is 242 g/mol. The molecule has 0 saturated heterocycles. The number of urea groups is 1. The zero-order valence-electron chi connectivity index (χ0n) is 11.2. The molecule has 0 heterocycles. The highest BCUT2D eigenvalue weighted by Gasteiger charge is 2.01.